The van der Waals surface area contributed by atoms with Gasteiger partial charge in [0.2, 0.25) is 11.1 Å². The van der Waals surface area contributed by atoms with Crippen LogP contribution < -0.4 is 14.8 Å². The van der Waals surface area contributed by atoms with Crippen LogP contribution in [0.2, 0.25) is 0 Å². The standard InChI is InChI=1S/C22H21N5O3S2/c1-13-4-6-14(7-5-13)20-25-22(27-26-20)32-12-19(28)24-21-23-17(11-31-21)16-9-8-15(29-2)10-18(16)30-3/h4-11H,12H2,1-3H3,(H,23,24,28)(H,25,26,27). The first-order chi connectivity index (χ1) is 15.6. The van der Waals surface area contributed by atoms with Gasteiger partial charge in [0.25, 0.3) is 0 Å². The number of amides is 1. The molecule has 0 spiro atoms. The van der Waals surface area contributed by atoms with Gasteiger partial charge in [0, 0.05) is 22.6 Å². The highest BCUT2D eigenvalue weighted by molar-refractivity contribution is 7.99. The Hall–Kier alpha value is -3.37. The average molecular weight is 468 g/mol. The summed E-state index contributed by atoms with van der Waals surface area (Å²) >= 11 is 2.61. The molecular formula is C22H21N5O3S2. The molecule has 0 saturated heterocycles. The van der Waals surface area contributed by atoms with Crippen molar-refractivity contribution >= 4 is 34.1 Å². The largest absolute Gasteiger partial charge is 0.497 e. The predicted molar refractivity (Wildman–Crippen MR) is 127 cm³/mol. The molecule has 0 unspecified atom stereocenters. The van der Waals surface area contributed by atoms with Crippen LogP contribution in [-0.4, -0.2) is 46.0 Å². The van der Waals surface area contributed by atoms with E-state index >= 15 is 0 Å². The molecule has 0 aliphatic rings. The third-order valence-electron chi connectivity index (χ3n) is 4.56. The fourth-order valence-corrected chi connectivity index (χ4v) is 4.23. The van der Waals surface area contributed by atoms with E-state index in [0.29, 0.717) is 33.3 Å². The number of ether oxygens (including phenoxy) is 2. The second-order valence-electron chi connectivity index (χ2n) is 6.77. The summed E-state index contributed by atoms with van der Waals surface area (Å²) in [6.07, 6.45) is 0. The van der Waals surface area contributed by atoms with Gasteiger partial charge in [-0.2, -0.15) is 0 Å². The smallest absolute Gasteiger partial charge is 0.236 e. The van der Waals surface area contributed by atoms with E-state index in [0.717, 1.165) is 11.1 Å². The van der Waals surface area contributed by atoms with Crippen molar-refractivity contribution in [2.75, 3.05) is 25.3 Å². The van der Waals surface area contributed by atoms with Gasteiger partial charge in [0.05, 0.1) is 25.7 Å². The van der Waals surface area contributed by atoms with E-state index in [1.54, 1.807) is 20.3 Å². The summed E-state index contributed by atoms with van der Waals surface area (Å²) in [7, 11) is 3.20. The highest BCUT2D eigenvalue weighted by Gasteiger charge is 2.14. The minimum Gasteiger partial charge on any atom is -0.497 e. The van der Waals surface area contributed by atoms with Crippen molar-refractivity contribution in [3.8, 4) is 34.1 Å². The topological polar surface area (TPSA) is 102 Å². The minimum absolute atomic E-state index is 0.173. The number of aromatic nitrogens is 4. The maximum absolute atomic E-state index is 12.4. The van der Waals surface area contributed by atoms with Crippen molar-refractivity contribution in [1.82, 2.24) is 20.2 Å². The maximum Gasteiger partial charge on any atom is 0.236 e. The van der Waals surface area contributed by atoms with Crippen molar-refractivity contribution in [3.63, 3.8) is 0 Å². The van der Waals surface area contributed by atoms with Crippen molar-refractivity contribution in [1.29, 1.82) is 0 Å². The number of rotatable bonds is 8. The molecule has 2 aromatic heterocycles. The van der Waals surface area contributed by atoms with E-state index < -0.39 is 0 Å². The van der Waals surface area contributed by atoms with E-state index in [1.807, 2.05) is 48.7 Å². The zero-order valence-electron chi connectivity index (χ0n) is 17.7. The fourth-order valence-electron chi connectivity index (χ4n) is 2.90. The molecule has 4 rings (SSSR count). The number of thiazole rings is 1. The van der Waals surface area contributed by atoms with Gasteiger partial charge < -0.3 is 14.8 Å². The number of nitrogens with one attached hydrogen (secondary N) is 2. The Morgan fingerprint density at radius 2 is 1.94 bits per heavy atom. The number of methoxy groups -OCH3 is 2. The van der Waals surface area contributed by atoms with Crippen LogP contribution in [0, 0.1) is 6.92 Å². The Morgan fingerprint density at radius 1 is 1.12 bits per heavy atom. The van der Waals surface area contributed by atoms with Gasteiger partial charge in [-0.25, -0.2) is 9.97 Å². The molecule has 2 N–H and O–H groups in total. The summed E-state index contributed by atoms with van der Waals surface area (Å²) in [6, 6.07) is 13.5. The van der Waals surface area contributed by atoms with Crippen LogP contribution in [0.4, 0.5) is 5.13 Å². The van der Waals surface area contributed by atoms with Crippen molar-refractivity contribution in [2.45, 2.75) is 12.1 Å². The lowest BCUT2D eigenvalue weighted by atomic mass is 10.1. The minimum atomic E-state index is -0.181. The Balaban J connectivity index is 1.36. The number of carbonyl (C=O) groups excluding carboxylic acids is 1. The Labute approximate surface area is 193 Å². The number of hydrogen-bond acceptors (Lipinski definition) is 8. The number of carbonyl (C=O) groups is 1. The van der Waals surface area contributed by atoms with Crippen molar-refractivity contribution < 1.29 is 14.3 Å². The molecule has 8 nitrogen and oxygen atoms in total. The summed E-state index contributed by atoms with van der Waals surface area (Å²) in [5.41, 5.74) is 3.66. The van der Waals surface area contributed by atoms with Crippen LogP contribution in [0.15, 0.2) is 53.0 Å². The third-order valence-corrected chi connectivity index (χ3v) is 6.16. The van der Waals surface area contributed by atoms with E-state index in [4.69, 9.17) is 9.47 Å². The fraction of sp³-hybridized carbons (Fsp3) is 0.182. The summed E-state index contributed by atoms with van der Waals surface area (Å²) in [4.78, 5) is 21.3. The van der Waals surface area contributed by atoms with Crippen LogP contribution in [0.5, 0.6) is 11.5 Å². The van der Waals surface area contributed by atoms with Gasteiger partial charge in [-0.05, 0) is 19.1 Å². The number of aromatic amines is 1. The van der Waals surface area contributed by atoms with E-state index in [-0.39, 0.29) is 11.7 Å². The monoisotopic (exact) mass is 467 g/mol. The number of anilines is 1. The molecule has 10 heteroatoms. The Kier molecular flexibility index (Phi) is 6.72. The van der Waals surface area contributed by atoms with Crippen LogP contribution in [0.1, 0.15) is 5.56 Å². The molecule has 2 heterocycles. The first kappa shape index (κ1) is 21.8. The lowest BCUT2D eigenvalue weighted by Crippen LogP contribution is -2.13. The van der Waals surface area contributed by atoms with E-state index in [1.165, 1.54) is 28.7 Å². The van der Waals surface area contributed by atoms with Gasteiger partial charge in [-0.1, -0.05) is 41.6 Å². The normalized spacial score (nSPS) is 10.7. The quantitative estimate of drug-likeness (QED) is 0.364. The first-order valence-corrected chi connectivity index (χ1v) is 11.5. The van der Waals surface area contributed by atoms with Gasteiger partial charge in [-0.3, -0.25) is 9.89 Å². The second kappa shape index (κ2) is 9.84. The van der Waals surface area contributed by atoms with Crippen LogP contribution in [0.25, 0.3) is 22.6 Å². The van der Waals surface area contributed by atoms with Crippen LogP contribution in [0.3, 0.4) is 0 Å². The molecular weight excluding hydrogens is 446 g/mol. The Morgan fingerprint density at radius 3 is 2.69 bits per heavy atom. The molecule has 2 aromatic carbocycles. The average Bonchev–Trinajstić information content (AvgIpc) is 3.47. The highest BCUT2D eigenvalue weighted by atomic mass is 32.2. The van der Waals surface area contributed by atoms with Gasteiger partial charge in [-0.15, -0.1) is 16.4 Å². The number of aryl methyl sites for hydroxylation is 1. The van der Waals surface area contributed by atoms with Gasteiger partial charge >= 0.3 is 0 Å². The maximum atomic E-state index is 12.4. The van der Waals surface area contributed by atoms with Crippen molar-refractivity contribution in [3.05, 3.63) is 53.4 Å². The number of H-pyrrole nitrogens is 1. The SMILES string of the molecule is COc1ccc(-c2csc(NC(=O)CSc3n[nH]c(-c4ccc(C)cc4)n3)n2)c(OC)c1. The number of thioether (sulfide) groups is 1. The third kappa shape index (κ3) is 5.09. The van der Waals surface area contributed by atoms with Crippen LogP contribution >= 0.6 is 23.1 Å². The molecule has 0 atom stereocenters. The summed E-state index contributed by atoms with van der Waals surface area (Å²) in [6.45, 7) is 2.03. The van der Waals surface area contributed by atoms with Gasteiger partial charge in [0.15, 0.2) is 11.0 Å². The number of nitrogens with zero attached hydrogens (tertiary/aromatic N) is 3. The molecule has 0 radical (unpaired) electrons. The van der Waals surface area contributed by atoms with E-state index in [9.17, 15) is 4.79 Å². The lowest BCUT2D eigenvalue weighted by molar-refractivity contribution is -0.113. The molecule has 0 saturated carbocycles. The lowest BCUT2D eigenvalue weighted by Gasteiger charge is -2.08. The molecule has 32 heavy (non-hydrogen) atoms. The predicted octanol–water partition coefficient (Wildman–Crippen LogP) is 4.65. The zero-order chi connectivity index (χ0) is 22.5. The Bertz CT molecular complexity index is 1220. The molecule has 1 amide bonds. The molecule has 0 bridgehead atoms. The molecule has 0 aliphatic heterocycles. The number of benzene rings is 2. The summed E-state index contributed by atoms with van der Waals surface area (Å²) in [5, 5.41) is 12.8. The van der Waals surface area contributed by atoms with Gasteiger partial charge in [0.1, 0.15) is 11.5 Å². The zero-order valence-corrected chi connectivity index (χ0v) is 19.3. The highest BCUT2D eigenvalue weighted by Crippen LogP contribution is 2.34. The molecule has 164 valence electrons. The summed E-state index contributed by atoms with van der Waals surface area (Å²) in [5.74, 6) is 2.01. The van der Waals surface area contributed by atoms with Crippen molar-refractivity contribution in [2.24, 2.45) is 0 Å². The van der Waals surface area contributed by atoms with Crippen LogP contribution in [-0.2, 0) is 4.79 Å². The number of hydrogen-bond donors (Lipinski definition) is 2. The second-order valence-corrected chi connectivity index (χ2v) is 8.57. The molecule has 0 aliphatic carbocycles. The molecule has 4 aromatic rings. The first-order valence-electron chi connectivity index (χ1n) is 9.65. The molecule has 0 fully saturated rings. The summed E-state index contributed by atoms with van der Waals surface area (Å²) < 4.78 is 10.7. The van der Waals surface area contributed by atoms with E-state index in [2.05, 4.69) is 25.5 Å².